The summed E-state index contributed by atoms with van der Waals surface area (Å²) in [6, 6.07) is 8.15. The van der Waals surface area contributed by atoms with Gasteiger partial charge in [-0.3, -0.25) is 9.69 Å². The molecule has 1 aliphatic heterocycles. The van der Waals surface area contributed by atoms with Crippen molar-refractivity contribution < 1.29 is 9.53 Å². The summed E-state index contributed by atoms with van der Waals surface area (Å²) in [4.78, 5) is 14.3. The molecule has 2 rings (SSSR count). The third-order valence-corrected chi connectivity index (χ3v) is 3.75. The maximum absolute atomic E-state index is 12.1. The summed E-state index contributed by atoms with van der Waals surface area (Å²) in [7, 11) is 0. The zero-order valence-electron chi connectivity index (χ0n) is 13.3. The number of ether oxygens (including phenoxy) is 1. The molecule has 1 aromatic carbocycles. The van der Waals surface area contributed by atoms with Gasteiger partial charge in [0, 0.05) is 19.6 Å². The largest absolute Gasteiger partial charge is 0.494 e. The molecule has 0 radical (unpaired) electrons. The molecule has 1 saturated heterocycles. The van der Waals surface area contributed by atoms with E-state index in [0.717, 1.165) is 38.4 Å². The third-order valence-electron chi connectivity index (χ3n) is 3.75. The fourth-order valence-corrected chi connectivity index (χ4v) is 2.82. The molecule has 1 heterocycles. The van der Waals surface area contributed by atoms with Crippen molar-refractivity contribution in [1.29, 1.82) is 0 Å². The number of amides is 1. The lowest BCUT2D eigenvalue weighted by atomic mass is 9.99. The van der Waals surface area contributed by atoms with E-state index < -0.39 is 0 Å². The Morgan fingerprint density at radius 1 is 1.43 bits per heavy atom. The summed E-state index contributed by atoms with van der Waals surface area (Å²) in [5, 5.41) is 2.96. The highest BCUT2D eigenvalue weighted by atomic mass is 16.5. The summed E-state index contributed by atoms with van der Waals surface area (Å²) >= 11 is 0. The Morgan fingerprint density at radius 2 is 2.24 bits per heavy atom. The zero-order valence-corrected chi connectivity index (χ0v) is 13.3. The van der Waals surface area contributed by atoms with Crippen molar-refractivity contribution in [2.45, 2.75) is 39.8 Å². The number of benzene rings is 1. The van der Waals surface area contributed by atoms with Gasteiger partial charge in [-0.25, -0.2) is 0 Å². The van der Waals surface area contributed by atoms with Crippen molar-refractivity contribution in [2.24, 2.45) is 5.92 Å². The molecular formula is C17H26N2O2. The number of carbonyl (C=O) groups excluding carboxylic acids is 1. The van der Waals surface area contributed by atoms with Crippen molar-refractivity contribution in [3.63, 3.8) is 0 Å². The minimum atomic E-state index is -0.0426. The first-order chi connectivity index (χ1) is 10.1. The molecule has 1 aliphatic rings. The Balaban J connectivity index is 2.07. The highest BCUT2D eigenvalue weighted by Crippen LogP contribution is 2.20. The summed E-state index contributed by atoms with van der Waals surface area (Å²) in [6.07, 6.45) is 1.01. The van der Waals surface area contributed by atoms with E-state index >= 15 is 0 Å². The van der Waals surface area contributed by atoms with Gasteiger partial charge in [0.25, 0.3) is 0 Å². The maximum atomic E-state index is 12.1. The topological polar surface area (TPSA) is 41.6 Å². The van der Waals surface area contributed by atoms with Crippen LogP contribution in [0.1, 0.15) is 32.8 Å². The van der Waals surface area contributed by atoms with Crippen molar-refractivity contribution >= 4 is 5.91 Å². The van der Waals surface area contributed by atoms with Gasteiger partial charge >= 0.3 is 0 Å². The van der Waals surface area contributed by atoms with E-state index in [0.29, 0.717) is 5.92 Å². The van der Waals surface area contributed by atoms with Crippen molar-refractivity contribution in [3.05, 3.63) is 29.8 Å². The highest BCUT2D eigenvalue weighted by molar-refractivity contribution is 5.82. The quantitative estimate of drug-likeness (QED) is 0.875. The molecule has 0 aromatic heterocycles. The smallest absolute Gasteiger partial charge is 0.237 e. The van der Waals surface area contributed by atoms with Crippen LogP contribution in [0.2, 0.25) is 0 Å². The van der Waals surface area contributed by atoms with E-state index in [2.05, 4.69) is 43.1 Å². The van der Waals surface area contributed by atoms with Gasteiger partial charge in [0.1, 0.15) is 5.75 Å². The third kappa shape index (κ3) is 4.21. The van der Waals surface area contributed by atoms with Crippen LogP contribution in [-0.4, -0.2) is 36.5 Å². The van der Waals surface area contributed by atoms with E-state index in [4.69, 9.17) is 4.74 Å². The molecule has 1 amide bonds. The van der Waals surface area contributed by atoms with Gasteiger partial charge in [-0.1, -0.05) is 32.9 Å². The molecule has 4 nitrogen and oxygen atoms in total. The zero-order chi connectivity index (χ0) is 15.2. The van der Waals surface area contributed by atoms with Crippen molar-refractivity contribution in [3.8, 4) is 5.75 Å². The predicted octanol–water partition coefficient (Wildman–Crippen LogP) is 2.43. The molecule has 1 fully saturated rings. The second-order valence-corrected chi connectivity index (χ2v) is 5.95. The lowest BCUT2D eigenvalue weighted by Gasteiger charge is -2.37. The van der Waals surface area contributed by atoms with Crippen LogP contribution < -0.4 is 10.1 Å². The predicted molar refractivity (Wildman–Crippen MR) is 84.3 cm³/mol. The van der Waals surface area contributed by atoms with Gasteiger partial charge in [0.15, 0.2) is 0 Å². The number of nitrogens with zero attached hydrogens (tertiary/aromatic N) is 1. The van der Waals surface area contributed by atoms with Gasteiger partial charge in [0.2, 0.25) is 5.91 Å². The van der Waals surface area contributed by atoms with Crippen LogP contribution in [0, 0.1) is 5.92 Å². The average molecular weight is 290 g/mol. The number of nitrogens with one attached hydrogen (secondary N) is 1. The fourth-order valence-electron chi connectivity index (χ4n) is 2.82. The fraction of sp³-hybridized carbons (Fsp3) is 0.588. The normalized spacial score (nSPS) is 19.6. The standard InChI is InChI=1S/C17H26N2O2/c1-4-10-21-15-7-5-6-14(11-15)12-19-9-8-18-17(20)16(19)13(2)3/h5-7,11,13,16H,4,8-10,12H2,1-3H3,(H,18,20)/t16-/m0/s1. The van der Waals surface area contributed by atoms with Crippen molar-refractivity contribution in [2.75, 3.05) is 19.7 Å². The summed E-state index contributed by atoms with van der Waals surface area (Å²) < 4.78 is 5.68. The molecule has 0 unspecified atom stereocenters. The van der Waals surface area contributed by atoms with E-state index in [-0.39, 0.29) is 11.9 Å². The molecular weight excluding hydrogens is 264 g/mol. The highest BCUT2D eigenvalue weighted by Gasteiger charge is 2.31. The summed E-state index contributed by atoms with van der Waals surface area (Å²) in [6.45, 7) is 9.46. The Labute approximate surface area is 127 Å². The lowest BCUT2D eigenvalue weighted by molar-refractivity contribution is -0.131. The van der Waals surface area contributed by atoms with Gasteiger partial charge in [-0.2, -0.15) is 0 Å². The van der Waals surface area contributed by atoms with Crippen LogP contribution in [0.3, 0.4) is 0 Å². The van der Waals surface area contributed by atoms with E-state index in [1.807, 2.05) is 12.1 Å². The van der Waals surface area contributed by atoms with Crippen LogP contribution in [0.4, 0.5) is 0 Å². The maximum Gasteiger partial charge on any atom is 0.237 e. The SMILES string of the molecule is CCCOc1cccc(CN2CCNC(=O)[C@@H]2C(C)C)c1. The Kier molecular flexibility index (Phi) is 5.62. The minimum Gasteiger partial charge on any atom is -0.494 e. The minimum absolute atomic E-state index is 0.0426. The number of rotatable bonds is 6. The van der Waals surface area contributed by atoms with Crippen LogP contribution >= 0.6 is 0 Å². The van der Waals surface area contributed by atoms with Crippen LogP contribution in [0.15, 0.2) is 24.3 Å². The molecule has 21 heavy (non-hydrogen) atoms. The molecule has 4 heteroatoms. The van der Waals surface area contributed by atoms with Gasteiger partial charge in [0.05, 0.1) is 12.6 Å². The molecule has 0 aliphatic carbocycles. The average Bonchev–Trinajstić information content (AvgIpc) is 2.45. The van der Waals surface area contributed by atoms with Gasteiger partial charge in [-0.15, -0.1) is 0 Å². The first kappa shape index (κ1) is 15.8. The molecule has 0 bridgehead atoms. The molecule has 1 atom stereocenters. The Hall–Kier alpha value is -1.55. The number of carbonyl (C=O) groups is 1. The van der Waals surface area contributed by atoms with Gasteiger partial charge in [-0.05, 0) is 30.0 Å². The molecule has 0 spiro atoms. The van der Waals surface area contributed by atoms with Crippen molar-refractivity contribution in [1.82, 2.24) is 10.2 Å². The summed E-state index contributed by atoms with van der Waals surface area (Å²) in [5.41, 5.74) is 1.20. The van der Waals surface area contributed by atoms with E-state index in [1.165, 1.54) is 5.56 Å². The first-order valence-corrected chi connectivity index (χ1v) is 7.85. The van der Waals surface area contributed by atoms with Crippen LogP contribution in [-0.2, 0) is 11.3 Å². The van der Waals surface area contributed by atoms with E-state index in [1.54, 1.807) is 0 Å². The number of hydrogen-bond donors (Lipinski definition) is 1. The number of piperazine rings is 1. The molecule has 1 aromatic rings. The number of hydrogen-bond acceptors (Lipinski definition) is 3. The van der Waals surface area contributed by atoms with Gasteiger partial charge < -0.3 is 10.1 Å². The second kappa shape index (κ2) is 7.46. The van der Waals surface area contributed by atoms with Crippen LogP contribution in [0.5, 0.6) is 5.75 Å². The monoisotopic (exact) mass is 290 g/mol. The van der Waals surface area contributed by atoms with E-state index in [9.17, 15) is 4.79 Å². The van der Waals surface area contributed by atoms with Crippen LogP contribution in [0.25, 0.3) is 0 Å². The first-order valence-electron chi connectivity index (χ1n) is 7.85. The Bertz CT molecular complexity index is 474. The Morgan fingerprint density at radius 3 is 2.95 bits per heavy atom. The second-order valence-electron chi connectivity index (χ2n) is 5.95. The molecule has 116 valence electrons. The molecule has 0 saturated carbocycles. The molecule has 1 N–H and O–H groups in total. The summed E-state index contributed by atoms with van der Waals surface area (Å²) in [5.74, 6) is 1.37. The lowest BCUT2D eigenvalue weighted by Crippen LogP contribution is -2.56.